The Morgan fingerprint density at radius 3 is 1.81 bits per heavy atom. The first kappa shape index (κ1) is 23.9. The Labute approximate surface area is 163 Å². The van der Waals surface area contributed by atoms with E-state index in [4.69, 9.17) is 0 Å². The van der Waals surface area contributed by atoms with Crippen LogP contribution in [0.15, 0.2) is 0 Å². The molecule has 1 aliphatic heterocycles. The minimum Gasteiger partial charge on any atom is -0.469 e. The topological polar surface area (TPSA) is 88.1 Å². The van der Waals surface area contributed by atoms with Gasteiger partial charge in [-0.15, -0.1) is 0 Å². The molecule has 1 rings (SSSR count). The number of nitrogens with zero attached hydrogens (tertiary/aromatic N) is 1. The second kappa shape index (κ2) is 13.9. The van der Waals surface area contributed by atoms with Gasteiger partial charge in [0.15, 0.2) is 0 Å². The fourth-order valence-electron chi connectivity index (χ4n) is 3.50. The van der Waals surface area contributed by atoms with Gasteiger partial charge in [0.05, 0.1) is 19.8 Å². The lowest BCUT2D eigenvalue weighted by atomic mass is 9.91. The van der Waals surface area contributed by atoms with Crippen LogP contribution in [0.1, 0.15) is 64.2 Å². The van der Waals surface area contributed by atoms with E-state index in [1.165, 1.54) is 14.2 Å². The normalized spacial score (nSPS) is 16.3. The highest BCUT2D eigenvalue weighted by molar-refractivity contribution is 5.69. The fraction of sp³-hybridized carbons (Fsp3) is 0.900. The number of hydrogen-bond acceptors (Lipinski definition) is 7. The van der Waals surface area contributed by atoms with Crippen molar-refractivity contribution in [2.24, 2.45) is 0 Å². The molecule has 0 radical (unpaired) electrons. The summed E-state index contributed by atoms with van der Waals surface area (Å²) in [6, 6.07) is 0. The molecule has 27 heavy (non-hydrogen) atoms. The number of ether oxygens (including phenoxy) is 2. The number of unbranched alkanes of at least 4 members (excludes halogenated alkanes) is 4. The smallest absolute Gasteiger partial charge is 0.305 e. The maximum Gasteiger partial charge on any atom is 0.305 e. The van der Waals surface area contributed by atoms with Crippen LogP contribution in [0, 0.1) is 0 Å². The largest absolute Gasteiger partial charge is 0.469 e. The Hall–Kier alpha value is -1.18. The first-order valence-electron chi connectivity index (χ1n) is 10.3. The number of carbonyl (C=O) groups excluding carboxylic acids is 2. The van der Waals surface area contributed by atoms with Crippen LogP contribution in [0.2, 0.25) is 0 Å². The molecule has 0 aromatic rings. The minimum absolute atomic E-state index is 0.151. The van der Waals surface area contributed by atoms with Crippen LogP contribution >= 0.6 is 0 Å². The Morgan fingerprint density at radius 1 is 0.889 bits per heavy atom. The standard InChI is InChI=1S/C20H38N2O5/c1-26-18(23)9-5-3-7-15-22(16-8-4-6-10-19(24)27-2)17-20(25)11-13-21-14-12-20/h21,25H,3-17H2,1-2H3. The van der Waals surface area contributed by atoms with Crippen molar-refractivity contribution in [3.05, 3.63) is 0 Å². The number of piperidine rings is 1. The van der Waals surface area contributed by atoms with Gasteiger partial charge >= 0.3 is 11.9 Å². The van der Waals surface area contributed by atoms with Crippen molar-refractivity contribution < 1.29 is 24.2 Å². The van der Waals surface area contributed by atoms with E-state index in [0.717, 1.165) is 77.5 Å². The lowest BCUT2D eigenvalue weighted by molar-refractivity contribution is -0.141. The molecule has 7 nitrogen and oxygen atoms in total. The van der Waals surface area contributed by atoms with Gasteiger partial charge in [-0.2, -0.15) is 0 Å². The highest BCUT2D eigenvalue weighted by atomic mass is 16.5. The number of esters is 2. The van der Waals surface area contributed by atoms with E-state index in [1.807, 2.05) is 0 Å². The zero-order valence-corrected chi connectivity index (χ0v) is 17.1. The summed E-state index contributed by atoms with van der Waals surface area (Å²) >= 11 is 0. The highest BCUT2D eigenvalue weighted by Gasteiger charge is 2.30. The Kier molecular flexibility index (Phi) is 12.3. The molecule has 158 valence electrons. The number of rotatable bonds is 14. The highest BCUT2D eigenvalue weighted by Crippen LogP contribution is 2.20. The second-order valence-corrected chi connectivity index (χ2v) is 7.52. The monoisotopic (exact) mass is 386 g/mol. The Bertz CT molecular complexity index is 399. The van der Waals surface area contributed by atoms with Gasteiger partial charge < -0.3 is 24.8 Å². The molecule has 0 atom stereocenters. The maximum atomic E-state index is 11.2. The first-order chi connectivity index (χ1) is 13.0. The van der Waals surface area contributed by atoms with Gasteiger partial charge in [-0.1, -0.05) is 12.8 Å². The van der Waals surface area contributed by atoms with Gasteiger partial charge in [-0.25, -0.2) is 0 Å². The Morgan fingerprint density at radius 2 is 1.37 bits per heavy atom. The van der Waals surface area contributed by atoms with Crippen molar-refractivity contribution >= 4 is 11.9 Å². The lowest BCUT2D eigenvalue weighted by Gasteiger charge is -2.37. The third-order valence-corrected chi connectivity index (χ3v) is 5.22. The molecule has 1 saturated heterocycles. The second-order valence-electron chi connectivity index (χ2n) is 7.52. The summed E-state index contributed by atoms with van der Waals surface area (Å²) in [7, 11) is 2.84. The number of methoxy groups -OCH3 is 2. The van der Waals surface area contributed by atoms with E-state index in [-0.39, 0.29) is 11.9 Å². The van der Waals surface area contributed by atoms with Crippen LogP contribution in [0.25, 0.3) is 0 Å². The van der Waals surface area contributed by atoms with E-state index < -0.39 is 5.60 Å². The fourth-order valence-corrected chi connectivity index (χ4v) is 3.50. The number of hydrogen-bond donors (Lipinski definition) is 2. The molecule has 2 N–H and O–H groups in total. The average molecular weight is 387 g/mol. The summed E-state index contributed by atoms with van der Waals surface area (Å²) in [5, 5.41) is 14.2. The molecule has 7 heteroatoms. The molecular formula is C20H38N2O5. The molecular weight excluding hydrogens is 348 g/mol. The minimum atomic E-state index is -0.608. The third kappa shape index (κ3) is 11.3. The predicted molar refractivity (Wildman–Crippen MR) is 104 cm³/mol. The van der Waals surface area contributed by atoms with Gasteiger partial charge in [-0.3, -0.25) is 9.59 Å². The molecule has 0 aromatic heterocycles. The average Bonchev–Trinajstić information content (AvgIpc) is 2.66. The van der Waals surface area contributed by atoms with Crippen molar-refractivity contribution in [3.63, 3.8) is 0 Å². The quantitative estimate of drug-likeness (QED) is 0.348. The van der Waals surface area contributed by atoms with Crippen molar-refractivity contribution in [1.29, 1.82) is 0 Å². The molecule has 0 aromatic carbocycles. The van der Waals surface area contributed by atoms with Gasteiger partial charge in [0.25, 0.3) is 0 Å². The summed E-state index contributed by atoms with van der Waals surface area (Å²) < 4.78 is 9.34. The van der Waals surface area contributed by atoms with E-state index in [2.05, 4.69) is 19.7 Å². The van der Waals surface area contributed by atoms with Crippen LogP contribution < -0.4 is 5.32 Å². The van der Waals surface area contributed by atoms with Crippen LogP contribution in [0.5, 0.6) is 0 Å². The number of nitrogens with one attached hydrogen (secondary N) is 1. The van der Waals surface area contributed by atoms with E-state index >= 15 is 0 Å². The van der Waals surface area contributed by atoms with Crippen LogP contribution in [-0.2, 0) is 19.1 Å². The van der Waals surface area contributed by atoms with Crippen molar-refractivity contribution in [3.8, 4) is 0 Å². The third-order valence-electron chi connectivity index (χ3n) is 5.22. The molecule has 0 bridgehead atoms. The summed E-state index contributed by atoms with van der Waals surface area (Å²) in [6.07, 6.45) is 8.17. The zero-order chi connectivity index (χ0) is 20.0. The molecule has 0 saturated carbocycles. The molecule has 0 amide bonds. The molecule has 1 aliphatic rings. The molecule has 0 spiro atoms. The number of carbonyl (C=O) groups is 2. The van der Waals surface area contributed by atoms with Crippen molar-refractivity contribution in [2.45, 2.75) is 69.8 Å². The van der Waals surface area contributed by atoms with Gasteiger partial charge in [0, 0.05) is 19.4 Å². The van der Waals surface area contributed by atoms with Crippen LogP contribution in [0.4, 0.5) is 0 Å². The molecule has 0 unspecified atom stereocenters. The summed E-state index contributed by atoms with van der Waals surface area (Å²) in [5.74, 6) is -0.303. The van der Waals surface area contributed by atoms with Gasteiger partial charge in [0.2, 0.25) is 0 Å². The van der Waals surface area contributed by atoms with Gasteiger partial charge in [0.1, 0.15) is 0 Å². The lowest BCUT2D eigenvalue weighted by Crippen LogP contribution is -2.50. The molecule has 1 heterocycles. The maximum absolute atomic E-state index is 11.2. The van der Waals surface area contributed by atoms with Crippen LogP contribution in [-0.4, -0.2) is 74.5 Å². The summed E-state index contributed by atoms with van der Waals surface area (Å²) in [4.78, 5) is 24.7. The molecule has 1 fully saturated rings. The number of aliphatic hydroxyl groups is 1. The van der Waals surface area contributed by atoms with E-state index in [9.17, 15) is 14.7 Å². The van der Waals surface area contributed by atoms with E-state index in [1.54, 1.807) is 0 Å². The van der Waals surface area contributed by atoms with Crippen LogP contribution in [0.3, 0.4) is 0 Å². The molecule has 0 aliphatic carbocycles. The Balaban J connectivity index is 2.34. The van der Waals surface area contributed by atoms with Gasteiger partial charge in [-0.05, 0) is 64.7 Å². The van der Waals surface area contributed by atoms with E-state index in [0.29, 0.717) is 19.4 Å². The van der Waals surface area contributed by atoms with Crippen molar-refractivity contribution in [2.75, 3.05) is 46.9 Å². The SMILES string of the molecule is COC(=O)CCCCCN(CCCCCC(=O)OC)CC1(O)CCNCC1. The van der Waals surface area contributed by atoms with Crippen molar-refractivity contribution in [1.82, 2.24) is 10.2 Å². The first-order valence-corrected chi connectivity index (χ1v) is 10.3. The zero-order valence-electron chi connectivity index (χ0n) is 17.1. The summed E-state index contributed by atoms with van der Waals surface area (Å²) in [6.45, 7) is 4.27. The predicted octanol–water partition coefficient (Wildman–Crippen LogP) is 1.87. The summed E-state index contributed by atoms with van der Waals surface area (Å²) in [5.41, 5.74) is -0.608.